The molecule has 0 saturated carbocycles. The summed E-state index contributed by atoms with van der Waals surface area (Å²) in [5.74, 6) is 1.94. The standard InChI is InChI=1S/C13H24N2O/c1-4-5-6-9-15(3)12(10-14)13-8-7-11(2)16-13/h7-8,12H,4-6,9-10,14H2,1-3H3. The fourth-order valence-electron chi connectivity index (χ4n) is 1.91. The second-order valence-electron chi connectivity index (χ2n) is 4.39. The SMILES string of the molecule is CCCCCN(C)C(CN)c1ccc(C)o1. The largest absolute Gasteiger partial charge is 0.465 e. The predicted octanol–water partition coefficient (Wildman–Crippen LogP) is 2.71. The molecule has 0 aromatic carbocycles. The molecule has 0 spiro atoms. The van der Waals surface area contributed by atoms with E-state index in [0.29, 0.717) is 6.54 Å². The fraction of sp³-hybridized carbons (Fsp3) is 0.692. The van der Waals surface area contributed by atoms with Crippen LogP contribution in [0, 0.1) is 6.92 Å². The highest BCUT2D eigenvalue weighted by molar-refractivity contribution is 5.10. The van der Waals surface area contributed by atoms with E-state index in [-0.39, 0.29) is 6.04 Å². The first-order chi connectivity index (χ1) is 7.69. The van der Waals surface area contributed by atoms with Crippen LogP contribution in [0.4, 0.5) is 0 Å². The maximum absolute atomic E-state index is 5.82. The molecule has 0 aliphatic rings. The molecule has 92 valence electrons. The lowest BCUT2D eigenvalue weighted by Crippen LogP contribution is -2.31. The Hall–Kier alpha value is -0.800. The molecule has 0 bridgehead atoms. The number of unbranched alkanes of at least 4 members (excludes halogenated alkanes) is 2. The normalized spacial score (nSPS) is 13.3. The third-order valence-corrected chi connectivity index (χ3v) is 2.96. The maximum atomic E-state index is 5.82. The molecule has 1 aromatic rings. The van der Waals surface area contributed by atoms with E-state index < -0.39 is 0 Å². The first kappa shape index (κ1) is 13.3. The Labute approximate surface area is 98.6 Å². The minimum absolute atomic E-state index is 0.213. The molecule has 1 aromatic heterocycles. The van der Waals surface area contributed by atoms with Crippen molar-refractivity contribution >= 4 is 0 Å². The van der Waals surface area contributed by atoms with Gasteiger partial charge in [0, 0.05) is 6.54 Å². The fourth-order valence-corrected chi connectivity index (χ4v) is 1.91. The van der Waals surface area contributed by atoms with Crippen molar-refractivity contribution in [2.24, 2.45) is 5.73 Å². The van der Waals surface area contributed by atoms with Gasteiger partial charge in [0.2, 0.25) is 0 Å². The minimum Gasteiger partial charge on any atom is -0.465 e. The Morgan fingerprint density at radius 2 is 2.12 bits per heavy atom. The molecule has 0 aliphatic carbocycles. The molecule has 1 heterocycles. The average Bonchev–Trinajstić information content (AvgIpc) is 2.66. The van der Waals surface area contributed by atoms with E-state index >= 15 is 0 Å². The van der Waals surface area contributed by atoms with Crippen LogP contribution in [0.2, 0.25) is 0 Å². The third-order valence-electron chi connectivity index (χ3n) is 2.96. The van der Waals surface area contributed by atoms with Crippen molar-refractivity contribution in [3.05, 3.63) is 23.7 Å². The van der Waals surface area contributed by atoms with Crippen LogP contribution in [0.1, 0.15) is 43.7 Å². The molecule has 0 radical (unpaired) electrons. The lowest BCUT2D eigenvalue weighted by atomic mass is 10.1. The molecular weight excluding hydrogens is 200 g/mol. The summed E-state index contributed by atoms with van der Waals surface area (Å²) in [6, 6.07) is 4.24. The summed E-state index contributed by atoms with van der Waals surface area (Å²) in [5.41, 5.74) is 5.82. The van der Waals surface area contributed by atoms with Crippen LogP contribution in [0.25, 0.3) is 0 Å². The van der Waals surface area contributed by atoms with Gasteiger partial charge in [0.1, 0.15) is 11.5 Å². The Kier molecular flexibility index (Phi) is 5.56. The highest BCUT2D eigenvalue weighted by Crippen LogP contribution is 2.20. The molecule has 3 nitrogen and oxygen atoms in total. The van der Waals surface area contributed by atoms with Crippen LogP contribution in [0.5, 0.6) is 0 Å². The number of aryl methyl sites for hydroxylation is 1. The summed E-state index contributed by atoms with van der Waals surface area (Å²) in [6.45, 7) is 5.87. The number of rotatable bonds is 7. The van der Waals surface area contributed by atoms with Crippen molar-refractivity contribution in [2.45, 2.75) is 39.2 Å². The van der Waals surface area contributed by atoms with Crippen molar-refractivity contribution in [1.82, 2.24) is 4.90 Å². The van der Waals surface area contributed by atoms with Gasteiger partial charge in [-0.25, -0.2) is 0 Å². The van der Waals surface area contributed by atoms with E-state index in [0.717, 1.165) is 18.1 Å². The summed E-state index contributed by atoms with van der Waals surface area (Å²) in [5, 5.41) is 0. The number of furan rings is 1. The highest BCUT2D eigenvalue weighted by atomic mass is 16.3. The van der Waals surface area contributed by atoms with Gasteiger partial charge in [-0.1, -0.05) is 19.8 Å². The molecule has 3 heteroatoms. The molecule has 1 atom stereocenters. The Morgan fingerprint density at radius 1 is 1.38 bits per heavy atom. The molecule has 0 saturated heterocycles. The number of hydrogen-bond donors (Lipinski definition) is 1. The first-order valence-corrected chi connectivity index (χ1v) is 6.15. The van der Waals surface area contributed by atoms with Gasteiger partial charge >= 0.3 is 0 Å². The summed E-state index contributed by atoms with van der Waals surface area (Å²) in [4.78, 5) is 2.29. The Bertz CT molecular complexity index is 296. The average molecular weight is 224 g/mol. The number of hydrogen-bond acceptors (Lipinski definition) is 3. The second-order valence-corrected chi connectivity index (χ2v) is 4.39. The van der Waals surface area contributed by atoms with Crippen LogP contribution in [-0.2, 0) is 0 Å². The highest BCUT2D eigenvalue weighted by Gasteiger charge is 2.17. The number of nitrogens with zero attached hydrogens (tertiary/aromatic N) is 1. The molecule has 1 rings (SSSR count). The van der Waals surface area contributed by atoms with Crippen molar-refractivity contribution in [1.29, 1.82) is 0 Å². The zero-order valence-corrected chi connectivity index (χ0v) is 10.7. The lowest BCUT2D eigenvalue weighted by Gasteiger charge is -2.25. The minimum atomic E-state index is 0.213. The van der Waals surface area contributed by atoms with E-state index in [1.165, 1.54) is 19.3 Å². The second kappa shape index (κ2) is 6.71. The van der Waals surface area contributed by atoms with Crippen molar-refractivity contribution in [3.63, 3.8) is 0 Å². The van der Waals surface area contributed by atoms with Gasteiger partial charge < -0.3 is 10.2 Å². The van der Waals surface area contributed by atoms with Gasteiger partial charge in [-0.15, -0.1) is 0 Å². The zero-order valence-electron chi connectivity index (χ0n) is 10.7. The summed E-state index contributed by atoms with van der Waals surface area (Å²) >= 11 is 0. The van der Waals surface area contributed by atoms with Crippen LogP contribution in [0.15, 0.2) is 16.5 Å². The molecule has 1 unspecified atom stereocenters. The van der Waals surface area contributed by atoms with Gasteiger partial charge in [0.15, 0.2) is 0 Å². The maximum Gasteiger partial charge on any atom is 0.122 e. The van der Waals surface area contributed by atoms with Crippen LogP contribution in [0.3, 0.4) is 0 Å². The monoisotopic (exact) mass is 224 g/mol. The lowest BCUT2D eigenvalue weighted by molar-refractivity contribution is 0.215. The zero-order chi connectivity index (χ0) is 12.0. The van der Waals surface area contributed by atoms with Crippen LogP contribution >= 0.6 is 0 Å². The molecule has 0 amide bonds. The van der Waals surface area contributed by atoms with E-state index in [1.54, 1.807) is 0 Å². The van der Waals surface area contributed by atoms with Gasteiger partial charge in [-0.2, -0.15) is 0 Å². The molecule has 16 heavy (non-hydrogen) atoms. The van der Waals surface area contributed by atoms with Gasteiger partial charge in [-0.3, -0.25) is 4.90 Å². The van der Waals surface area contributed by atoms with Crippen molar-refractivity contribution < 1.29 is 4.42 Å². The molecule has 0 fully saturated rings. The molecule has 2 N–H and O–H groups in total. The van der Waals surface area contributed by atoms with Crippen molar-refractivity contribution in [3.8, 4) is 0 Å². The summed E-state index contributed by atoms with van der Waals surface area (Å²) < 4.78 is 5.64. The number of nitrogens with two attached hydrogens (primary N) is 1. The van der Waals surface area contributed by atoms with Gasteiger partial charge in [-0.05, 0) is 39.1 Å². The predicted molar refractivity (Wildman–Crippen MR) is 67.4 cm³/mol. The van der Waals surface area contributed by atoms with E-state index in [9.17, 15) is 0 Å². The van der Waals surface area contributed by atoms with Gasteiger partial charge in [0.25, 0.3) is 0 Å². The Morgan fingerprint density at radius 3 is 2.62 bits per heavy atom. The third kappa shape index (κ3) is 3.65. The molecular formula is C13H24N2O. The van der Waals surface area contributed by atoms with Gasteiger partial charge in [0.05, 0.1) is 6.04 Å². The summed E-state index contributed by atoms with van der Waals surface area (Å²) in [6.07, 6.45) is 3.75. The topological polar surface area (TPSA) is 42.4 Å². The smallest absolute Gasteiger partial charge is 0.122 e. The molecule has 0 aliphatic heterocycles. The van der Waals surface area contributed by atoms with Crippen LogP contribution < -0.4 is 5.73 Å². The van der Waals surface area contributed by atoms with E-state index in [2.05, 4.69) is 18.9 Å². The summed E-state index contributed by atoms with van der Waals surface area (Å²) in [7, 11) is 2.12. The first-order valence-electron chi connectivity index (χ1n) is 6.15. The quantitative estimate of drug-likeness (QED) is 0.724. The van der Waals surface area contributed by atoms with E-state index in [1.807, 2.05) is 19.1 Å². The van der Waals surface area contributed by atoms with E-state index in [4.69, 9.17) is 10.2 Å². The van der Waals surface area contributed by atoms with Crippen molar-refractivity contribution in [2.75, 3.05) is 20.1 Å². The van der Waals surface area contributed by atoms with Crippen LogP contribution in [-0.4, -0.2) is 25.0 Å². The number of likely N-dealkylation sites (N-methyl/N-ethyl adjacent to an activating group) is 1. The Balaban J connectivity index is 2.53.